The molecule has 0 aliphatic heterocycles. The normalized spacial score (nSPS) is 11.8. The Hall–Kier alpha value is -1.45. The number of aromatic nitrogens is 1. The lowest BCUT2D eigenvalue weighted by Gasteiger charge is -1.94. The van der Waals surface area contributed by atoms with Gasteiger partial charge in [0.2, 0.25) is 0 Å². The summed E-state index contributed by atoms with van der Waals surface area (Å²) in [6, 6.07) is 5.34. The first-order valence-corrected chi connectivity index (χ1v) is 2.51. The molecule has 0 unspecified atom stereocenters. The van der Waals surface area contributed by atoms with Gasteiger partial charge in [-0.25, -0.2) is 0 Å². The predicted molar refractivity (Wildman–Crippen MR) is 34.3 cm³/mol. The average molecular weight is 124 g/mol. The molecule has 0 spiro atoms. The Balaban J connectivity index is 3.33. The molecule has 0 fully saturated rings. The first-order valence-electron chi connectivity index (χ1n) is 2.51. The number of nitrogen functional groups attached to an aromatic ring is 1. The van der Waals surface area contributed by atoms with Crippen LogP contribution in [0.3, 0.4) is 0 Å². The zero-order chi connectivity index (χ0) is 6.69. The Bertz CT molecular complexity index is 249. The van der Waals surface area contributed by atoms with E-state index < -0.39 is 0 Å². The monoisotopic (exact) mass is 124 g/mol. The van der Waals surface area contributed by atoms with Gasteiger partial charge in [-0.3, -0.25) is 4.68 Å². The van der Waals surface area contributed by atoms with E-state index in [1.807, 2.05) is 6.07 Å². The summed E-state index contributed by atoms with van der Waals surface area (Å²) >= 11 is 0. The van der Waals surface area contributed by atoms with Crippen molar-refractivity contribution in [3.63, 3.8) is 0 Å². The molecule has 1 aromatic rings. The summed E-state index contributed by atoms with van der Waals surface area (Å²) in [7, 11) is 0. The topological polar surface area (TPSA) is 69.3 Å². The molecule has 0 saturated carbocycles. The Morgan fingerprint density at radius 1 is 1.44 bits per heavy atom. The van der Waals surface area contributed by atoms with E-state index in [1.165, 1.54) is 4.68 Å². The van der Waals surface area contributed by atoms with Crippen LogP contribution in [-0.2, 0) is 0 Å². The maximum Gasteiger partial charge on any atom is 0.170 e. The highest BCUT2D eigenvalue weighted by Gasteiger charge is 1.79. The molecule has 1 heterocycles. The fraction of sp³-hybridized carbons (Fsp3) is 0. The number of nitrogens with two attached hydrogens (primary N) is 2. The van der Waals surface area contributed by atoms with E-state index >= 15 is 0 Å². The van der Waals surface area contributed by atoms with Crippen molar-refractivity contribution in [3.05, 3.63) is 29.9 Å². The van der Waals surface area contributed by atoms with Crippen LogP contribution in [0.15, 0.2) is 29.5 Å². The second-order valence-corrected chi connectivity index (χ2v) is 1.60. The second-order valence-electron chi connectivity index (χ2n) is 1.60. The van der Waals surface area contributed by atoms with Crippen molar-refractivity contribution < 1.29 is 0 Å². The van der Waals surface area contributed by atoms with Gasteiger partial charge >= 0.3 is 0 Å². The van der Waals surface area contributed by atoms with Gasteiger partial charge in [0.25, 0.3) is 0 Å². The van der Waals surface area contributed by atoms with Gasteiger partial charge in [-0.1, -0.05) is 6.07 Å². The first kappa shape index (κ1) is 5.68. The molecule has 0 saturated heterocycles. The molecular weight excluding hydrogens is 116 g/mol. The zero-order valence-electron chi connectivity index (χ0n) is 4.86. The highest BCUT2D eigenvalue weighted by molar-refractivity contribution is 4.91. The molecule has 0 aliphatic carbocycles. The van der Waals surface area contributed by atoms with Crippen LogP contribution in [0, 0.1) is 0 Å². The van der Waals surface area contributed by atoms with E-state index in [1.54, 1.807) is 18.3 Å². The Morgan fingerprint density at radius 2 is 2.22 bits per heavy atom. The molecule has 0 aliphatic rings. The van der Waals surface area contributed by atoms with E-state index in [0.717, 1.165) is 0 Å². The zero-order valence-corrected chi connectivity index (χ0v) is 4.86. The van der Waals surface area contributed by atoms with Crippen molar-refractivity contribution in [2.24, 2.45) is 10.9 Å². The van der Waals surface area contributed by atoms with Crippen molar-refractivity contribution in [3.8, 4) is 0 Å². The van der Waals surface area contributed by atoms with Crippen LogP contribution in [0.1, 0.15) is 0 Å². The van der Waals surface area contributed by atoms with Gasteiger partial charge in [0.15, 0.2) is 5.49 Å². The summed E-state index contributed by atoms with van der Waals surface area (Å²) in [5, 5.41) is 3.41. The lowest BCUT2D eigenvalue weighted by molar-refractivity contribution is 0.875. The smallest absolute Gasteiger partial charge is 0.170 e. The minimum absolute atomic E-state index is 0.553. The largest absolute Gasteiger partial charge is 0.338 e. The first-order chi connectivity index (χ1) is 4.34. The van der Waals surface area contributed by atoms with Crippen LogP contribution in [0.4, 0.5) is 0 Å². The molecule has 0 radical (unpaired) electrons. The summed E-state index contributed by atoms with van der Waals surface area (Å²) in [6.45, 7) is 0. The predicted octanol–water partition coefficient (Wildman–Crippen LogP) is -1.02. The third kappa shape index (κ3) is 1.02. The summed E-state index contributed by atoms with van der Waals surface area (Å²) in [6.07, 6.45) is 1.67. The van der Waals surface area contributed by atoms with Crippen LogP contribution in [-0.4, -0.2) is 4.68 Å². The molecular formula is C5H8N4. The van der Waals surface area contributed by atoms with Gasteiger partial charge in [0, 0.05) is 6.20 Å². The molecule has 48 valence electrons. The summed E-state index contributed by atoms with van der Waals surface area (Å²) in [5.74, 6) is 10.3. The fourth-order valence-electron chi connectivity index (χ4n) is 0.556. The quantitative estimate of drug-likeness (QED) is 0.343. The molecule has 1 aromatic heterocycles. The molecule has 0 amide bonds. The maximum absolute atomic E-state index is 5.37. The summed E-state index contributed by atoms with van der Waals surface area (Å²) < 4.78 is 1.35. The SMILES string of the molecule is N/N=c1/ccccn1N. The van der Waals surface area contributed by atoms with Gasteiger partial charge in [-0.2, -0.15) is 5.10 Å². The van der Waals surface area contributed by atoms with Crippen LogP contribution < -0.4 is 17.2 Å². The molecule has 0 atom stereocenters. The number of rotatable bonds is 0. The molecule has 4 N–H and O–H groups in total. The standard InChI is InChI=1S/C5H8N4/c6-8-5-3-1-2-4-9(5)7/h1-4H,6-7H2/b8-5-. The summed E-state index contributed by atoms with van der Waals surface area (Å²) in [5.41, 5.74) is 0.553. The van der Waals surface area contributed by atoms with Gasteiger partial charge in [-0.15, -0.1) is 0 Å². The molecule has 4 nitrogen and oxygen atoms in total. The molecule has 1 rings (SSSR count). The number of pyridine rings is 1. The van der Waals surface area contributed by atoms with E-state index in [9.17, 15) is 0 Å². The second kappa shape index (κ2) is 2.21. The van der Waals surface area contributed by atoms with Crippen molar-refractivity contribution in [1.29, 1.82) is 0 Å². The Labute approximate surface area is 52.4 Å². The Morgan fingerprint density at radius 3 is 2.67 bits per heavy atom. The number of hydrogen-bond acceptors (Lipinski definition) is 3. The van der Waals surface area contributed by atoms with E-state index in [4.69, 9.17) is 11.7 Å². The van der Waals surface area contributed by atoms with Crippen molar-refractivity contribution in [2.75, 3.05) is 5.84 Å². The average Bonchev–Trinajstić information content (AvgIpc) is 1.89. The van der Waals surface area contributed by atoms with Crippen molar-refractivity contribution in [1.82, 2.24) is 4.68 Å². The molecule has 9 heavy (non-hydrogen) atoms. The van der Waals surface area contributed by atoms with Crippen LogP contribution in [0.5, 0.6) is 0 Å². The third-order valence-corrected chi connectivity index (χ3v) is 1.000. The lowest BCUT2D eigenvalue weighted by Crippen LogP contribution is -2.27. The third-order valence-electron chi connectivity index (χ3n) is 1.000. The summed E-state index contributed by atoms with van der Waals surface area (Å²) in [4.78, 5) is 0. The van der Waals surface area contributed by atoms with Crippen molar-refractivity contribution in [2.45, 2.75) is 0 Å². The minimum atomic E-state index is 0.553. The maximum atomic E-state index is 5.37. The van der Waals surface area contributed by atoms with Gasteiger partial charge in [0.05, 0.1) is 0 Å². The highest BCUT2D eigenvalue weighted by atomic mass is 15.3. The fourth-order valence-corrected chi connectivity index (χ4v) is 0.556. The van der Waals surface area contributed by atoms with Crippen molar-refractivity contribution >= 4 is 0 Å². The number of hydrogen-bond donors (Lipinski definition) is 2. The highest BCUT2D eigenvalue weighted by Crippen LogP contribution is 1.71. The van der Waals surface area contributed by atoms with Gasteiger partial charge in [-0.05, 0) is 12.1 Å². The molecule has 4 heteroatoms. The van der Waals surface area contributed by atoms with E-state index in [-0.39, 0.29) is 0 Å². The van der Waals surface area contributed by atoms with Crippen LogP contribution >= 0.6 is 0 Å². The Kier molecular flexibility index (Phi) is 1.40. The van der Waals surface area contributed by atoms with Gasteiger partial charge in [0.1, 0.15) is 0 Å². The van der Waals surface area contributed by atoms with Crippen LogP contribution in [0.2, 0.25) is 0 Å². The molecule has 0 bridgehead atoms. The van der Waals surface area contributed by atoms with Crippen LogP contribution in [0.25, 0.3) is 0 Å². The lowest BCUT2D eigenvalue weighted by atomic mass is 10.5. The van der Waals surface area contributed by atoms with E-state index in [0.29, 0.717) is 5.49 Å². The molecule has 0 aromatic carbocycles. The number of nitrogens with zero attached hydrogens (tertiary/aromatic N) is 2. The van der Waals surface area contributed by atoms with Gasteiger partial charge < -0.3 is 11.7 Å². The van der Waals surface area contributed by atoms with E-state index in [2.05, 4.69) is 5.10 Å². The minimum Gasteiger partial charge on any atom is -0.338 e.